The van der Waals surface area contributed by atoms with E-state index in [2.05, 4.69) is 16.7 Å². The van der Waals surface area contributed by atoms with Crippen LogP contribution in [0.25, 0.3) is 0 Å². The maximum atomic E-state index is 12.0. The molecule has 4 nitrogen and oxygen atoms in total. The lowest BCUT2D eigenvalue weighted by Crippen LogP contribution is -2.48. The molecule has 0 amide bonds. The molecule has 0 unspecified atom stereocenters. The topological polar surface area (TPSA) is 50.4 Å². The van der Waals surface area contributed by atoms with Crippen LogP contribution in [0.2, 0.25) is 5.02 Å². The Labute approximate surface area is 183 Å². The van der Waals surface area contributed by atoms with Gasteiger partial charge < -0.3 is 15.4 Å². The number of ether oxygens (including phenoxy) is 1. The van der Waals surface area contributed by atoms with Gasteiger partial charge in [-0.3, -0.25) is 0 Å². The monoisotopic (exact) mass is 430 g/mol. The molecule has 2 aromatic rings. The smallest absolute Gasteiger partial charge is 0.338 e. The van der Waals surface area contributed by atoms with Crippen molar-refractivity contribution in [3.05, 3.63) is 64.7 Å². The van der Waals surface area contributed by atoms with E-state index in [1.165, 1.54) is 18.4 Å². The molecule has 0 atom stereocenters. The zero-order chi connectivity index (χ0) is 20.7. The van der Waals surface area contributed by atoms with Crippen LogP contribution in [-0.4, -0.2) is 23.2 Å². The van der Waals surface area contributed by atoms with Crippen LogP contribution in [0.5, 0.6) is 0 Å². The molecule has 0 bridgehead atoms. The van der Waals surface area contributed by atoms with Crippen molar-refractivity contribution in [2.24, 2.45) is 0 Å². The van der Waals surface area contributed by atoms with E-state index in [1.807, 2.05) is 30.3 Å². The Kier molecular flexibility index (Phi) is 7.51. The summed E-state index contributed by atoms with van der Waals surface area (Å²) >= 11 is 11.9. The van der Waals surface area contributed by atoms with Gasteiger partial charge in [-0.15, -0.1) is 0 Å². The highest BCUT2D eigenvalue weighted by Gasteiger charge is 2.34. The number of aryl methyl sites for hydroxylation is 1. The molecule has 1 saturated carbocycles. The molecule has 154 valence electrons. The fourth-order valence-electron chi connectivity index (χ4n) is 3.91. The van der Waals surface area contributed by atoms with E-state index in [9.17, 15) is 4.79 Å². The summed E-state index contributed by atoms with van der Waals surface area (Å²) in [6, 6.07) is 15.2. The molecule has 0 spiro atoms. The molecular weight excluding hydrogens is 404 g/mol. The third-order valence-corrected chi connectivity index (χ3v) is 5.97. The molecule has 0 aromatic heterocycles. The van der Waals surface area contributed by atoms with Crippen LogP contribution in [0, 0.1) is 0 Å². The summed E-state index contributed by atoms with van der Waals surface area (Å²) in [6.45, 7) is 2.15. The molecule has 0 aliphatic heterocycles. The quantitative estimate of drug-likeness (QED) is 0.432. The molecule has 0 radical (unpaired) electrons. The van der Waals surface area contributed by atoms with Crippen LogP contribution in [0.4, 0.5) is 5.69 Å². The number of thiocarbonyl (C=S) groups is 1. The summed E-state index contributed by atoms with van der Waals surface area (Å²) in [5, 5.41) is 8.19. The second-order valence-electron chi connectivity index (χ2n) is 7.46. The summed E-state index contributed by atoms with van der Waals surface area (Å²) in [4.78, 5) is 12.0. The van der Waals surface area contributed by atoms with E-state index in [-0.39, 0.29) is 11.5 Å². The van der Waals surface area contributed by atoms with Gasteiger partial charge in [0.05, 0.1) is 12.2 Å². The maximum absolute atomic E-state index is 12.0. The Morgan fingerprint density at radius 2 is 1.93 bits per heavy atom. The summed E-state index contributed by atoms with van der Waals surface area (Å²) in [7, 11) is 0. The van der Waals surface area contributed by atoms with Crippen molar-refractivity contribution in [2.75, 3.05) is 11.9 Å². The number of hydrogen-bond acceptors (Lipinski definition) is 3. The third-order valence-electron chi connectivity index (χ3n) is 5.40. The number of rotatable bonds is 7. The second kappa shape index (κ2) is 10.1. The Hall–Kier alpha value is -2.11. The first kappa shape index (κ1) is 21.6. The largest absolute Gasteiger partial charge is 0.462 e. The molecule has 1 aliphatic rings. The van der Waals surface area contributed by atoms with Crippen molar-refractivity contribution in [3.8, 4) is 0 Å². The number of hydrogen-bond donors (Lipinski definition) is 2. The van der Waals surface area contributed by atoms with Crippen LogP contribution in [0.1, 0.15) is 54.9 Å². The van der Waals surface area contributed by atoms with Gasteiger partial charge >= 0.3 is 5.97 Å². The lowest BCUT2D eigenvalue weighted by molar-refractivity contribution is 0.0526. The van der Waals surface area contributed by atoms with Crippen LogP contribution < -0.4 is 10.6 Å². The maximum Gasteiger partial charge on any atom is 0.338 e. The Balaban J connectivity index is 1.63. The average Bonchev–Trinajstić information content (AvgIpc) is 3.16. The van der Waals surface area contributed by atoms with Crippen LogP contribution in [0.15, 0.2) is 48.5 Å². The van der Waals surface area contributed by atoms with Crippen molar-refractivity contribution >= 4 is 40.6 Å². The van der Waals surface area contributed by atoms with Crippen LogP contribution >= 0.6 is 23.8 Å². The summed E-state index contributed by atoms with van der Waals surface area (Å²) < 4.78 is 5.07. The van der Waals surface area contributed by atoms with Gasteiger partial charge in [0.25, 0.3) is 0 Å². The van der Waals surface area contributed by atoms with Gasteiger partial charge in [0, 0.05) is 16.2 Å². The lowest BCUT2D eigenvalue weighted by atomic mass is 9.89. The fraction of sp³-hybridized carbons (Fsp3) is 0.391. The molecule has 6 heteroatoms. The van der Waals surface area contributed by atoms with Crippen LogP contribution in [-0.2, 0) is 11.2 Å². The van der Waals surface area contributed by atoms with Crippen molar-refractivity contribution in [2.45, 2.75) is 51.0 Å². The van der Waals surface area contributed by atoms with Gasteiger partial charge in [-0.2, -0.15) is 0 Å². The third kappa shape index (κ3) is 5.94. The van der Waals surface area contributed by atoms with Crippen molar-refractivity contribution in [1.29, 1.82) is 0 Å². The Morgan fingerprint density at radius 3 is 2.66 bits per heavy atom. The van der Waals surface area contributed by atoms with Crippen molar-refractivity contribution in [3.63, 3.8) is 0 Å². The predicted octanol–water partition coefficient (Wildman–Crippen LogP) is 5.75. The second-order valence-corrected chi connectivity index (χ2v) is 8.27. The summed E-state index contributed by atoms with van der Waals surface area (Å²) in [5.41, 5.74) is 2.42. The number of anilines is 1. The normalized spacial score (nSPS) is 15.0. The van der Waals surface area contributed by atoms with Gasteiger partial charge in [-0.05, 0) is 74.7 Å². The Bertz CT molecular complexity index is 865. The summed E-state index contributed by atoms with van der Waals surface area (Å²) in [6.07, 6.45) is 6.44. The van der Waals surface area contributed by atoms with Gasteiger partial charge in [0.1, 0.15) is 0 Å². The number of benzene rings is 2. The minimum atomic E-state index is -0.331. The molecule has 1 aliphatic carbocycles. The number of halogens is 1. The van der Waals surface area contributed by atoms with E-state index in [0.717, 1.165) is 36.4 Å². The molecule has 0 saturated heterocycles. The first-order valence-corrected chi connectivity index (χ1v) is 10.9. The van der Waals surface area contributed by atoms with Gasteiger partial charge in [-0.25, -0.2) is 4.79 Å². The number of esters is 1. The minimum absolute atomic E-state index is 0.0258. The predicted molar refractivity (Wildman–Crippen MR) is 123 cm³/mol. The molecule has 0 heterocycles. The summed E-state index contributed by atoms with van der Waals surface area (Å²) in [5.74, 6) is -0.331. The number of carbonyl (C=O) groups is 1. The molecule has 2 aromatic carbocycles. The SMILES string of the molecule is CCOC(=O)c1cccc(NC(=S)NC2(CCc3ccccc3Cl)CCCC2)c1. The molecular formula is C23H27ClN2O2S. The first-order valence-electron chi connectivity index (χ1n) is 10.1. The first-order chi connectivity index (χ1) is 14.0. The van der Waals surface area contributed by atoms with Crippen molar-refractivity contribution < 1.29 is 9.53 Å². The highest BCUT2D eigenvalue weighted by atomic mass is 35.5. The number of carbonyl (C=O) groups excluding carboxylic acids is 1. The van der Waals surface area contributed by atoms with E-state index >= 15 is 0 Å². The standard InChI is InChI=1S/C23H27ClN2O2S/c1-2-28-21(27)18-9-7-10-19(16-18)25-22(29)26-23(13-5-6-14-23)15-12-17-8-3-4-11-20(17)24/h3-4,7-11,16H,2,5-6,12-15H2,1H3,(H2,25,26,29). The average molecular weight is 431 g/mol. The Morgan fingerprint density at radius 1 is 1.17 bits per heavy atom. The minimum Gasteiger partial charge on any atom is -0.462 e. The van der Waals surface area contributed by atoms with Gasteiger partial charge in [-0.1, -0.05) is 48.7 Å². The zero-order valence-electron chi connectivity index (χ0n) is 16.7. The van der Waals surface area contributed by atoms with Gasteiger partial charge in [0.2, 0.25) is 0 Å². The van der Waals surface area contributed by atoms with Gasteiger partial charge in [0.15, 0.2) is 5.11 Å². The van der Waals surface area contributed by atoms with E-state index in [0.29, 0.717) is 17.3 Å². The zero-order valence-corrected chi connectivity index (χ0v) is 18.2. The lowest BCUT2D eigenvalue weighted by Gasteiger charge is -2.32. The van der Waals surface area contributed by atoms with E-state index < -0.39 is 0 Å². The fourth-order valence-corrected chi connectivity index (χ4v) is 4.47. The molecule has 2 N–H and O–H groups in total. The highest BCUT2D eigenvalue weighted by Crippen LogP contribution is 2.34. The van der Waals surface area contributed by atoms with E-state index in [4.69, 9.17) is 28.6 Å². The van der Waals surface area contributed by atoms with Crippen molar-refractivity contribution in [1.82, 2.24) is 5.32 Å². The molecule has 3 rings (SSSR count). The molecule has 1 fully saturated rings. The molecule has 29 heavy (non-hydrogen) atoms. The highest BCUT2D eigenvalue weighted by molar-refractivity contribution is 7.80. The number of nitrogens with one attached hydrogen (secondary N) is 2. The van der Waals surface area contributed by atoms with Crippen LogP contribution in [0.3, 0.4) is 0 Å². The van der Waals surface area contributed by atoms with E-state index in [1.54, 1.807) is 19.1 Å².